The number of piperidine rings is 1. The molecule has 3 aromatic rings. The molecule has 1 saturated heterocycles. The summed E-state index contributed by atoms with van der Waals surface area (Å²) in [5, 5.41) is 22.8. The highest BCUT2D eigenvalue weighted by Gasteiger charge is 2.48. The molecule has 6 rings (SSSR count). The third kappa shape index (κ3) is 3.65. The van der Waals surface area contributed by atoms with Crippen LogP contribution in [0, 0.1) is 11.3 Å². The van der Waals surface area contributed by atoms with Gasteiger partial charge < -0.3 is 5.32 Å². The second-order valence-electron chi connectivity index (χ2n) is 9.76. The van der Waals surface area contributed by atoms with E-state index in [1.54, 1.807) is 12.4 Å². The molecule has 2 aliphatic carbocycles. The van der Waals surface area contributed by atoms with E-state index in [0.717, 1.165) is 62.7 Å². The maximum Gasteiger partial charge on any atom is 0.242 e. The summed E-state index contributed by atoms with van der Waals surface area (Å²) in [7, 11) is -3.69. The van der Waals surface area contributed by atoms with Gasteiger partial charge in [-0.3, -0.25) is 4.40 Å². The maximum absolute atomic E-state index is 13.3. The first kappa shape index (κ1) is 21.2. The van der Waals surface area contributed by atoms with Crippen LogP contribution in [0.4, 0.5) is 0 Å². The van der Waals surface area contributed by atoms with Gasteiger partial charge in [0.15, 0.2) is 10.8 Å². The molecule has 4 heterocycles. The molecule has 1 aliphatic heterocycles. The Bertz CT molecular complexity index is 1390. The zero-order valence-electron chi connectivity index (χ0n) is 18.3. The molecule has 9 nitrogen and oxygen atoms in total. The number of pyridine rings is 1. The lowest BCUT2D eigenvalue weighted by molar-refractivity contribution is 0.461. The van der Waals surface area contributed by atoms with E-state index in [2.05, 4.69) is 31.3 Å². The van der Waals surface area contributed by atoms with Gasteiger partial charge in [-0.05, 0) is 76.1 Å². The van der Waals surface area contributed by atoms with Crippen LogP contribution in [-0.2, 0) is 15.4 Å². The van der Waals surface area contributed by atoms with Crippen molar-refractivity contribution >= 4 is 26.9 Å². The highest BCUT2D eigenvalue weighted by molar-refractivity contribution is 7.89. The topological polar surface area (TPSA) is 125 Å². The molecular weight excluding hydrogens is 458 g/mol. The minimum absolute atomic E-state index is 0.247. The smallest absolute Gasteiger partial charge is 0.242 e. The van der Waals surface area contributed by atoms with Crippen LogP contribution in [0.25, 0.3) is 16.3 Å². The summed E-state index contributed by atoms with van der Waals surface area (Å²) < 4.78 is 31.3. The summed E-state index contributed by atoms with van der Waals surface area (Å²) in [5.41, 5.74) is 1.03. The number of fused-ring (bicyclic) bond motifs is 1. The number of rotatable bonds is 6. The highest BCUT2D eigenvalue weighted by Crippen LogP contribution is 2.49. The molecule has 2 saturated carbocycles. The Kier molecular flexibility index (Phi) is 4.68. The highest BCUT2D eigenvalue weighted by atomic mass is 32.2. The molecule has 3 aromatic heterocycles. The Morgan fingerprint density at radius 3 is 2.67 bits per heavy atom. The molecule has 0 atom stereocenters. The summed E-state index contributed by atoms with van der Waals surface area (Å²) in [4.78, 5) is 4.88. The van der Waals surface area contributed by atoms with Crippen molar-refractivity contribution in [2.75, 3.05) is 13.1 Å². The standard InChI is InChI=1S/C22H25N7O2S2/c1-21(4-5-21)28-33(30,31)15-10-16(14-2-8-24-9-3-14)17-11-25-18(29(17)12-15)19-26-27-20(32-19)22(13-23)6-7-22/h10-12,14,24,28H,2-9H2,1H3. The van der Waals surface area contributed by atoms with Crippen molar-refractivity contribution in [1.82, 2.24) is 29.6 Å². The van der Waals surface area contributed by atoms with Gasteiger partial charge in [-0.15, -0.1) is 10.2 Å². The number of nitrogens with zero attached hydrogens (tertiary/aromatic N) is 5. The van der Waals surface area contributed by atoms with E-state index in [1.807, 2.05) is 17.4 Å². The maximum atomic E-state index is 13.3. The van der Waals surface area contributed by atoms with E-state index in [4.69, 9.17) is 0 Å². The molecule has 0 aromatic carbocycles. The normalized spacial score (nSPS) is 21.7. The van der Waals surface area contributed by atoms with Gasteiger partial charge >= 0.3 is 0 Å². The first-order chi connectivity index (χ1) is 15.8. The van der Waals surface area contributed by atoms with Gasteiger partial charge in [0.2, 0.25) is 10.0 Å². The molecule has 3 aliphatic rings. The molecule has 2 N–H and O–H groups in total. The minimum Gasteiger partial charge on any atom is -0.317 e. The lowest BCUT2D eigenvalue weighted by atomic mass is 9.90. The summed E-state index contributed by atoms with van der Waals surface area (Å²) in [5.74, 6) is 0.815. The van der Waals surface area contributed by atoms with Crippen LogP contribution in [0.15, 0.2) is 23.4 Å². The van der Waals surface area contributed by atoms with E-state index in [1.165, 1.54) is 11.3 Å². The molecule has 11 heteroatoms. The molecule has 3 fully saturated rings. The molecule has 0 radical (unpaired) electrons. The summed E-state index contributed by atoms with van der Waals surface area (Å²) in [6.07, 6.45) is 8.63. The molecule has 33 heavy (non-hydrogen) atoms. The average Bonchev–Trinajstić information content (AvgIpc) is 3.64. The third-order valence-electron chi connectivity index (χ3n) is 7.11. The number of hydrogen-bond donors (Lipinski definition) is 2. The van der Waals surface area contributed by atoms with Crippen LogP contribution in [-0.4, -0.2) is 46.6 Å². The minimum atomic E-state index is -3.69. The van der Waals surface area contributed by atoms with Crippen molar-refractivity contribution in [3.63, 3.8) is 0 Å². The van der Waals surface area contributed by atoms with Gasteiger partial charge in [0, 0.05) is 11.7 Å². The van der Waals surface area contributed by atoms with Crippen molar-refractivity contribution in [1.29, 1.82) is 5.26 Å². The van der Waals surface area contributed by atoms with Gasteiger partial charge in [-0.2, -0.15) is 5.26 Å². The average molecular weight is 484 g/mol. The summed E-state index contributed by atoms with van der Waals surface area (Å²) >= 11 is 1.37. The first-order valence-corrected chi connectivity index (χ1v) is 13.6. The summed E-state index contributed by atoms with van der Waals surface area (Å²) in [6, 6.07) is 4.19. The Morgan fingerprint density at radius 1 is 1.24 bits per heavy atom. The van der Waals surface area contributed by atoms with Crippen LogP contribution >= 0.6 is 11.3 Å². The molecular formula is C22H25N7O2S2. The second kappa shape index (κ2) is 7.30. The van der Waals surface area contributed by atoms with E-state index < -0.39 is 15.4 Å². The van der Waals surface area contributed by atoms with Crippen LogP contribution in [0.1, 0.15) is 61.9 Å². The van der Waals surface area contributed by atoms with E-state index in [9.17, 15) is 13.7 Å². The number of hydrogen-bond acceptors (Lipinski definition) is 8. The lowest BCUT2D eigenvalue weighted by Crippen LogP contribution is -2.34. The van der Waals surface area contributed by atoms with E-state index in [0.29, 0.717) is 15.8 Å². The van der Waals surface area contributed by atoms with Crippen molar-refractivity contribution in [2.24, 2.45) is 0 Å². The fourth-order valence-corrected chi connectivity index (χ4v) is 7.07. The number of imidazole rings is 1. The third-order valence-corrected chi connectivity index (χ3v) is 9.84. The van der Waals surface area contributed by atoms with Crippen LogP contribution in [0.3, 0.4) is 0 Å². The fraction of sp³-hybridized carbons (Fsp3) is 0.545. The largest absolute Gasteiger partial charge is 0.317 e. The zero-order chi connectivity index (χ0) is 22.8. The Balaban J connectivity index is 1.49. The molecule has 0 amide bonds. The van der Waals surface area contributed by atoms with Gasteiger partial charge in [-0.25, -0.2) is 18.1 Å². The second-order valence-corrected chi connectivity index (χ2v) is 12.4. The number of nitrogens with one attached hydrogen (secondary N) is 2. The van der Waals surface area contributed by atoms with Gasteiger partial charge in [0.05, 0.1) is 22.7 Å². The van der Waals surface area contributed by atoms with E-state index >= 15 is 0 Å². The van der Waals surface area contributed by atoms with Crippen LogP contribution in [0.2, 0.25) is 0 Å². The Morgan fingerprint density at radius 2 is 2.00 bits per heavy atom. The van der Waals surface area contributed by atoms with Gasteiger partial charge in [0.1, 0.15) is 10.4 Å². The number of aromatic nitrogens is 4. The van der Waals surface area contributed by atoms with Crippen molar-refractivity contribution in [3.8, 4) is 16.9 Å². The monoisotopic (exact) mass is 483 g/mol. The molecule has 0 spiro atoms. The summed E-state index contributed by atoms with van der Waals surface area (Å²) in [6.45, 7) is 3.74. The van der Waals surface area contributed by atoms with Gasteiger partial charge in [0.25, 0.3) is 0 Å². The Hall–Kier alpha value is -2.39. The van der Waals surface area contributed by atoms with E-state index in [-0.39, 0.29) is 16.4 Å². The molecule has 0 bridgehead atoms. The lowest BCUT2D eigenvalue weighted by Gasteiger charge is -2.24. The number of sulfonamides is 1. The quantitative estimate of drug-likeness (QED) is 0.552. The number of nitriles is 1. The first-order valence-electron chi connectivity index (χ1n) is 11.3. The Labute approximate surface area is 196 Å². The van der Waals surface area contributed by atoms with Crippen molar-refractivity contribution in [2.45, 2.75) is 67.2 Å². The predicted molar refractivity (Wildman–Crippen MR) is 123 cm³/mol. The molecule has 172 valence electrons. The zero-order valence-corrected chi connectivity index (χ0v) is 20.0. The molecule has 0 unspecified atom stereocenters. The van der Waals surface area contributed by atoms with Crippen molar-refractivity contribution in [3.05, 3.63) is 29.0 Å². The van der Waals surface area contributed by atoms with Crippen molar-refractivity contribution < 1.29 is 8.42 Å². The SMILES string of the molecule is CC1(NS(=O)(=O)c2cc(C3CCNCC3)c3cnc(-c4nnc(C5(C#N)CC5)s4)n3c2)CC1. The fourth-order valence-electron chi connectivity index (χ4n) is 4.54. The van der Waals surface area contributed by atoms with Crippen LogP contribution in [0.5, 0.6) is 0 Å². The van der Waals surface area contributed by atoms with Crippen LogP contribution < -0.4 is 10.0 Å². The van der Waals surface area contributed by atoms with Gasteiger partial charge in [-0.1, -0.05) is 11.3 Å². The predicted octanol–water partition coefficient (Wildman–Crippen LogP) is 2.71.